The number of nitrogens with zero attached hydrogens (tertiary/aromatic N) is 1. The first-order valence-electron chi connectivity index (χ1n) is 5.85. The second kappa shape index (κ2) is 6.96. The van der Waals surface area contributed by atoms with Crippen LogP contribution in [0.5, 0.6) is 0 Å². The van der Waals surface area contributed by atoms with E-state index in [2.05, 4.69) is 5.32 Å². The lowest BCUT2D eigenvalue weighted by Gasteiger charge is -2.30. The van der Waals surface area contributed by atoms with Gasteiger partial charge < -0.3 is 10.2 Å². The van der Waals surface area contributed by atoms with Gasteiger partial charge in [-0.3, -0.25) is 4.79 Å². The highest BCUT2D eigenvalue weighted by atomic mass is 32.2. The van der Waals surface area contributed by atoms with Crippen LogP contribution in [0.25, 0.3) is 0 Å². The molecule has 0 aliphatic carbocycles. The summed E-state index contributed by atoms with van der Waals surface area (Å²) in [4.78, 5) is 13.7. The maximum atomic E-state index is 12.1. The van der Waals surface area contributed by atoms with Gasteiger partial charge in [0, 0.05) is 31.3 Å². The van der Waals surface area contributed by atoms with Crippen LogP contribution < -0.4 is 5.32 Å². The molecule has 0 radical (unpaired) electrons. The Labute approximate surface area is 104 Å². The average Bonchev–Trinajstić information content (AvgIpc) is 2.16. The van der Waals surface area contributed by atoms with Crippen molar-refractivity contribution in [1.82, 2.24) is 10.2 Å². The normalized spacial score (nSPS) is 15.4. The molecule has 0 fully saturated rings. The van der Waals surface area contributed by atoms with Gasteiger partial charge in [-0.15, -0.1) is 0 Å². The molecule has 0 aromatic carbocycles. The highest BCUT2D eigenvalue weighted by Gasteiger charge is 2.25. The van der Waals surface area contributed by atoms with E-state index in [0.717, 1.165) is 0 Å². The lowest BCUT2D eigenvalue weighted by Crippen LogP contribution is -2.46. The molecule has 0 spiro atoms. The van der Waals surface area contributed by atoms with E-state index in [9.17, 15) is 13.2 Å². The summed E-state index contributed by atoms with van der Waals surface area (Å²) in [5.41, 5.74) is 0. The van der Waals surface area contributed by atoms with Crippen LogP contribution in [0.4, 0.5) is 0 Å². The summed E-state index contributed by atoms with van der Waals surface area (Å²) >= 11 is 0. The van der Waals surface area contributed by atoms with Gasteiger partial charge in [-0.05, 0) is 20.9 Å². The number of carbonyl (C=O) groups is 1. The summed E-state index contributed by atoms with van der Waals surface area (Å²) in [5, 5.41) is 2.95. The first-order chi connectivity index (χ1) is 7.72. The Morgan fingerprint density at radius 3 is 2.24 bits per heavy atom. The van der Waals surface area contributed by atoms with Crippen molar-refractivity contribution in [2.45, 2.75) is 26.8 Å². The van der Waals surface area contributed by atoms with Crippen molar-refractivity contribution >= 4 is 15.7 Å². The van der Waals surface area contributed by atoms with E-state index in [1.54, 1.807) is 18.9 Å². The quantitative estimate of drug-likeness (QED) is 0.709. The van der Waals surface area contributed by atoms with Crippen molar-refractivity contribution in [3.63, 3.8) is 0 Å². The van der Waals surface area contributed by atoms with Crippen molar-refractivity contribution in [3.8, 4) is 0 Å². The predicted octanol–water partition coefficient (Wildman–Crippen LogP) is 0.124. The molecular weight excluding hydrogens is 240 g/mol. The first kappa shape index (κ1) is 16.4. The number of nitrogens with one attached hydrogen (secondary N) is 1. The third-order valence-corrected chi connectivity index (χ3v) is 3.72. The summed E-state index contributed by atoms with van der Waals surface area (Å²) in [6, 6.07) is -0.276. The second-order valence-electron chi connectivity index (χ2n) is 4.52. The maximum absolute atomic E-state index is 12.1. The number of hydrogen-bond donors (Lipinski definition) is 1. The molecule has 1 amide bonds. The van der Waals surface area contributed by atoms with Crippen molar-refractivity contribution in [1.29, 1.82) is 0 Å². The molecule has 0 saturated carbocycles. The largest absolute Gasteiger partial charge is 0.339 e. The zero-order valence-electron chi connectivity index (χ0n) is 11.4. The smallest absolute Gasteiger partial charge is 0.226 e. The van der Waals surface area contributed by atoms with Crippen LogP contribution in [0.2, 0.25) is 0 Å². The maximum Gasteiger partial charge on any atom is 0.226 e. The first-order valence-corrected chi connectivity index (χ1v) is 7.91. The van der Waals surface area contributed by atoms with Crippen LogP contribution in [0, 0.1) is 5.92 Å². The van der Waals surface area contributed by atoms with Crippen LogP contribution in [0.3, 0.4) is 0 Å². The Morgan fingerprint density at radius 2 is 1.88 bits per heavy atom. The predicted molar refractivity (Wildman–Crippen MR) is 69.7 cm³/mol. The number of rotatable bonds is 7. The molecule has 0 aromatic rings. The Kier molecular flexibility index (Phi) is 6.70. The van der Waals surface area contributed by atoms with Gasteiger partial charge in [0.15, 0.2) is 0 Å². The van der Waals surface area contributed by atoms with Gasteiger partial charge >= 0.3 is 0 Å². The third-order valence-electron chi connectivity index (χ3n) is 2.63. The fourth-order valence-corrected chi connectivity index (χ4v) is 2.95. The van der Waals surface area contributed by atoms with Crippen LogP contribution in [0.15, 0.2) is 0 Å². The van der Waals surface area contributed by atoms with E-state index in [1.165, 1.54) is 6.26 Å². The Morgan fingerprint density at radius 1 is 1.35 bits per heavy atom. The van der Waals surface area contributed by atoms with Gasteiger partial charge in [0.2, 0.25) is 5.91 Å². The molecule has 6 heteroatoms. The molecule has 0 aliphatic rings. The highest BCUT2D eigenvalue weighted by molar-refractivity contribution is 7.90. The monoisotopic (exact) mass is 264 g/mol. The van der Waals surface area contributed by atoms with E-state index >= 15 is 0 Å². The number of sulfone groups is 1. The molecular formula is C11H24N2O3S. The Balaban J connectivity index is 4.66. The Bertz CT molecular complexity index is 341. The molecule has 1 N–H and O–H groups in total. The number of amides is 1. The molecule has 0 saturated heterocycles. The van der Waals surface area contributed by atoms with Crippen molar-refractivity contribution in [2.24, 2.45) is 5.92 Å². The molecule has 17 heavy (non-hydrogen) atoms. The van der Waals surface area contributed by atoms with Crippen LogP contribution in [-0.2, 0) is 14.6 Å². The molecule has 0 aliphatic heterocycles. The standard InChI is InChI=1S/C11H24N2O3S/c1-6-13(10(3)8-17(5,15)16)11(14)9(2)7-12-4/h9-10,12H,6-8H2,1-5H3. The van der Waals surface area contributed by atoms with Gasteiger partial charge in [-0.2, -0.15) is 0 Å². The minimum atomic E-state index is -3.06. The summed E-state index contributed by atoms with van der Waals surface area (Å²) in [6.45, 7) is 6.61. The van der Waals surface area contributed by atoms with Crippen molar-refractivity contribution in [3.05, 3.63) is 0 Å². The average molecular weight is 264 g/mol. The second-order valence-corrected chi connectivity index (χ2v) is 6.71. The zero-order chi connectivity index (χ0) is 13.6. The van der Waals surface area contributed by atoms with E-state index in [0.29, 0.717) is 13.1 Å². The molecule has 5 nitrogen and oxygen atoms in total. The van der Waals surface area contributed by atoms with Gasteiger partial charge in [0.25, 0.3) is 0 Å². The zero-order valence-corrected chi connectivity index (χ0v) is 12.2. The fraction of sp³-hybridized carbons (Fsp3) is 0.909. The van der Waals surface area contributed by atoms with E-state index in [4.69, 9.17) is 0 Å². The van der Waals surface area contributed by atoms with Gasteiger partial charge in [0.1, 0.15) is 9.84 Å². The Hall–Kier alpha value is -0.620. The lowest BCUT2D eigenvalue weighted by atomic mass is 10.1. The van der Waals surface area contributed by atoms with Gasteiger partial charge in [-0.25, -0.2) is 8.42 Å². The van der Waals surface area contributed by atoms with Gasteiger partial charge in [-0.1, -0.05) is 6.92 Å². The van der Waals surface area contributed by atoms with Crippen LogP contribution in [0.1, 0.15) is 20.8 Å². The highest BCUT2D eigenvalue weighted by Crippen LogP contribution is 2.08. The van der Waals surface area contributed by atoms with E-state index < -0.39 is 9.84 Å². The summed E-state index contributed by atoms with van der Waals surface area (Å²) in [6.07, 6.45) is 1.19. The molecule has 2 atom stereocenters. The molecule has 0 heterocycles. The number of carbonyl (C=O) groups excluding carboxylic acids is 1. The lowest BCUT2D eigenvalue weighted by molar-refractivity contribution is -0.136. The molecule has 0 bridgehead atoms. The van der Waals surface area contributed by atoms with Crippen molar-refractivity contribution < 1.29 is 13.2 Å². The molecule has 0 aromatic heterocycles. The van der Waals surface area contributed by atoms with Crippen molar-refractivity contribution in [2.75, 3.05) is 32.1 Å². The van der Waals surface area contributed by atoms with Crippen LogP contribution in [-0.4, -0.2) is 57.4 Å². The topological polar surface area (TPSA) is 66.5 Å². The van der Waals surface area contributed by atoms with E-state index in [1.807, 2.05) is 13.8 Å². The summed E-state index contributed by atoms with van der Waals surface area (Å²) in [5.74, 6) is -0.126. The SMILES string of the molecule is CCN(C(=O)C(C)CNC)C(C)CS(C)(=O)=O. The molecule has 102 valence electrons. The summed E-state index contributed by atoms with van der Waals surface area (Å²) < 4.78 is 22.5. The minimum Gasteiger partial charge on any atom is -0.339 e. The van der Waals surface area contributed by atoms with Gasteiger partial charge in [0.05, 0.1) is 5.75 Å². The molecule has 0 rings (SSSR count). The summed E-state index contributed by atoms with van der Waals surface area (Å²) in [7, 11) is -1.27. The number of hydrogen-bond acceptors (Lipinski definition) is 4. The van der Waals surface area contributed by atoms with E-state index in [-0.39, 0.29) is 23.6 Å². The molecule has 2 unspecified atom stereocenters. The fourth-order valence-electron chi connectivity index (χ4n) is 1.89. The van der Waals surface area contributed by atoms with Crippen LogP contribution >= 0.6 is 0 Å². The third kappa shape index (κ3) is 6.02. The minimum absolute atomic E-state index is 0.00185.